The van der Waals surface area contributed by atoms with Gasteiger partial charge in [-0.25, -0.2) is 4.98 Å². The molecule has 7 nitrogen and oxygen atoms in total. The number of methoxy groups -OCH3 is 1. The van der Waals surface area contributed by atoms with Crippen LogP contribution in [0.25, 0.3) is 11.5 Å². The van der Waals surface area contributed by atoms with Crippen LogP contribution in [-0.4, -0.2) is 48.4 Å². The molecule has 2 aromatic rings. The summed E-state index contributed by atoms with van der Waals surface area (Å²) in [5.74, 6) is 1.93. The van der Waals surface area contributed by atoms with Crippen LogP contribution >= 0.6 is 0 Å². The standard InChI is InChI=1S/C14H19N5O2/c1-20-10-12-17-14(21-18-12)11-4-2-6-16-13(11)19-8-3-5-15-7-9-19/h2,4,6,15H,3,5,7-10H2,1H3. The van der Waals surface area contributed by atoms with Gasteiger partial charge >= 0.3 is 0 Å². The molecule has 0 bridgehead atoms. The van der Waals surface area contributed by atoms with Gasteiger partial charge in [0.2, 0.25) is 0 Å². The van der Waals surface area contributed by atoms with Gasteiger partial charge in [-0.15, -0.1) is 0 Å². The molecule has 1 N–H and O–H groups in total. The van der Waals surface area contributed by atoms with Crippen molar-refractivity contribution in [1.29, 1.82) is 0 Å². The first-order valence-electron chi connectivity index (χ1n) is 7.11. The Morgan fingerprint density at radius 2 is 2.33 bits per heavy atom. The van der Waals surface area contributed by atoms with Crippen LogP contribution in [0.3, 0.4) is 0 Å². The molecule has 1 aliphatic heterocycles. The first-order valence-corrected chi connectivity index (χ1v) is 7.11. The van der Waals surface area contributed by atoms with Crippen molar-refractivity contribution in [2.45, 2.75) is 13.0 Å². The molecule has 112 valence electrons. The van der Waals surface area contributed by atoms with Crippen LogP contribution in [0.15, 0.2) is 22.9 Å². The number of hydrogen-bond acceptors (Lipinski definition) is 7. The maximum atomic E-state index is 5.34. The van der Waals surface area contributed by atoms with E-state index >= 15 is 0 Å². The van der Waals surface area contributed by atoms with E-state index in [1.165, 1.54) is 0 Å². The summed E-state index contributed by atoms with van der Waals surface area (Å²) in [6, 6.07) is 3.85. The summed E-state index contributed by atoms with van der Waals surface area (Å²) in [4.78, 5) is 11.1. The van der Waals surface area contributed by atoms with Crippen LogP contribution < -0.4 is 10.2 Å². The second-order valence-electron chi connectivity index (χ2n) is 4.91. The van der Waals surface area contributed by atoms with Crippen molar-refractivity contribution in [2.75, 3.05) is 38.2 Å². The smallest absolute Gasteiger partial charge is 0.261 e. The summed E-state index contributed by atoms with van der Waals surface area (Å²) in [5.41, 5.74) is 0.870. The summed E-state index contributed by atoms with van der Waals surface area (Å²) in [5, 5.41) is 7.31. The quantitative estimate of drug-likeness (QED) is 0.902. The highest BCUT2D eigenvalue weighted by atomic mass is 16.5. The van der Waals surface area contributed by atoms with Gasteiger partial charge in [-0.05, 0) is 25.1 Å². The summed E-state index contributed by atoms with van der Waals surface area (Å²) in [7, 11) is 1.61. The van der Waals surface area contributed by atoms with Crippen molar-refractivity contribution in [3.63, 3.8) is 0 Å². The highest BCUT2D eigenvalue weighted by molar-refractivity contribution is 5.69. The average molecular weight is 289 g/mol. The van der Waals surface area contributed by atoms with Crippen LogP contribution in [0.1, 0.15) is 12.2 Å². The Balaban J connectivity index is 1.90. The lowest BCUT2D eigenvalue weighted by Gasteiger charge is -2.22. The van der Waals surface area contributed by atoms with Gasteiger partial charge in [0.25, 0.3) is 5.89 Å². The topological polar surface area (TPSA) is 76.3 Å². The van der Waals surface area contributed by atoms with Gasteiger partial charge in [0, 0.05) is 32.9 Å². The van der Waals surface area contributed by atoms with Gasteiger partial charge in [0.15, 0.2) is 5.82 Å². The predicted octanol–water partition coefficient (Wildman–Crippen LogP) is 1.08. The van der Waals surface area contributed by atoms with Crippen molar-refractivity contribution in [3.05, 3.63) is 24.2 Å². The Morgan fingerprint density at radius 3 is 3.24 bits per heavy atom. The number of ether oxygens (including phenoxy) is 1. The lowest BCUT2D eigenvalue weighted by molar-refractivity contribution is 0.174. The third kappa shape index (κ3) is 3.20. The van der Waals surface area contributed by atoms with Crippen LogP contribution in [0.5, 0.6) is 0 Å². The third-order valence-electron chi connectivity index (χ3n) is 3.40. The summed E-state index contributed by atoms with van der Waals surface area (Å²) in [6.07, 6.45) is 2.89. The second-order valence-corrected chi connectivity index (χ2v) is 4.91. The van der Waals surface area contributed by atoms with Crippen molar-refractivity contribution in [3.8, 4) is 11.5 Å². The van der Waals surface area contributed by atoms with Crippen LogP contribution in [0.2, 0.25) is 0 Å². The summed E-state index contributed by atoms with van der Waals surface area (Å²) < 4.78 is 10.4. The average Bonchev–Trinajstić information content (AvgIpc) is 2.81. The van der Waals surface area contributed by atoms with Gasteiger partial charge in [-0.1, -0.05) is 5.16 Å². The number of aromatic nitrogens is 3. The Morgan fingerprint density at radius 1 is 1.38 bits per heavy atom. The summed E-state index contributed by atoms with van der Waals surface area (Å²) in [6.45, 7) is 4.22. The Bertz CT molecular complexity index is 578. The van der Waals surface area contributed by atoms with E-state index in [1.54, 1.807) is 13.3 Å². The maximum absolute atomic E-state index is 5.34. The van der Waals surface area contributed by atoms with E-state index < -0.39 is 0 Å². The number of nitrogens with one attached hydrogen (secondary N) is 1. The van der Waals surface area contributed by atoms with E-state index in [2.05, 4.69) is 25.3 Å². The number of rotatable bonds is 4. The molecule has 0 spiro atoms. The molecule has 7 heteroatoms. The fourth-order valence-electron chi connectivity index (χ4n) is 2.42. The molecule has 3 rings (SSSR count). The molecular formula is C14H19N5O2. The fraction of sp³-hybridized carbons (Fsp3) is 0.500. The molecule has 1 fully saturated rings. The van der Waals surface area contributed by atoms with Gasteiger partial charge in [-0.3, -0.25) is 0 Å². The van der Waals surface area contributed by atoms with Gasteiger partial charge in [0.05, 0.1) is 5.56 Å². The van der Waals surface area contributed by atoms with E-state index in [1.807, 2.05) is 12.1 Å². The lowest BCUT2D eigenvalue weighted by atomic mass is 10.2. The van der Waals surface area contributed by atoms with Gasteiger partial charge in [-0.2, -0.15) is 4.98 Å². The SMILES string of the molecule is COCc1noc(-c2cccnc2N2CCCNCC2)n1. The minimum atomic E-state index is 0.340. The van der Waals surface area contributed by atoms with E-state index in [0.29, 0.717) is 18.3 Å². The highest BCUT2D eigenvalue weighted by Gasteiger charge is 2.19. The molecular weight excluding hydrogens is 270 g/mol. The van der Waals surface area contributed by atoms with Crippen molar-refractivity contribution in [1.82, 2.24) is 20.4 Å². The second kappa shape index (κ2) is 6.64. The molecule has 0 radical (unpaired) electrons. The molecule has 0 aliphatic carbocycles. The van der Waals surface area contributed by atoms with E-state index in [0.717, 1.165) is 44.0 Å². The molecule has 1 saturated heterocycles. The Hall–Kier alpha value is -1.99. The maximum Gasteiger partial charge on any atom is 0.261 e. The number of anilines is 1. The number of hydrogen-bond donors (Lipinski definition) is 1. The Kier molecular flexibility index (Phi) is 4.42. The molecule has 0 saturated carbocycles. The number of nitrogens with zero attached hydrogens (tertiary/aromatic N) is 4. The largest absolute Gasteiger partial charge is 0.377 e. The molecule has 3 heterocycles. The highest BCUT2D eigenvalue weighted by Crippen LogP contribution is 2.27. The predicted molar refractivity (Wildman–Crippen MR) is 77.9 cm³/mol. The first kappa shape index (κ1) is 14.0. The molecule has 0 atom stereocenters. The normalized spacial score (nSPS) is 16.0. The monoisotopic (exact) mass is 289 g/mol. The minimum absolute atomic E-state index is 0.340. The van der Waals surface area contributed by atoms with Crippen molar-refractivity contribution < 1.29 is 9.26 Å². The van der Waals surface area contributed by atoms with Crippen molar-refractivity contribution in [2.24, 2.45) is 0 Å². The Labute approximate surface area is 123 Å². The zero-order valence-corrected chi connectivity index (χ0v) is 12.1. The zero-order valence-electron chi connectivity index (χ0n) is 12.1. The van der Waals surface area contributed by atoms with E-state index in [4.69, 9.17) is 9.26 Å². The first-order chi connectivity index (χ1) is 10.4. The van der Waals surface area contributed by atoms with Gasteiger partial charge < -0.3 is 19.5 Å². The van der Waals surface area contributed by atoms with Crippen molar-refractivity contribution >= 4 is 5.82 Å². The van der Waals surface area contributed by atoms with Crippen LogP contribution in [0.4, 0.5) is 5.82 Å². The fourth-order valence-corrected chi connectivity index (χ4v) is 2.42. The zero-order chi connectivity index (χ0) is 14.5. The third-order valence-corrected chi connectivity index (χ3v) is 3.40. The molecule has 21 heavy (non-hydrogen) atoms. The van der Waals surface area contributed by atoms with Crippen LogP contribution in [-0.2, 0) is 11.3 Å². The van der Waals surface area contributed by atoms with Crippen LogP contribution in [0, 0.1) is 0 Å². The molecule has 2 aromatic heterocycles. The molecule has 0 amide bonds. The lowest BCUT2D eigenvalue weighted by Crippen LogP contribution is -2.29. The van der Waals surface area contributed by atoms with Gasteiger partial charge in [0.1, 0.15) is 12.4 Å². The molecule has 1 aliphatic rings. The van der Waals surface area contributed by atoms with E-state index in [9.17, 15) is 0 Å². The number of pyridine rings is 1. The molecule has 0 aromatic carbocycles. The minimum Gasteiger partial charge on any atom is -0.377 e. The molecule has 0 unspecified atom stereocenters. The summed E-state index contributed by atoms with van der Waals surface area (Å²) >= 11 is 0. The van der Waals surface area contributed by atoms with E-state index in [-0.39, 0.29) is 0 Å².